The van der Waals surface area contributed by atoms with Crippen LogP contribution < -0.4 is 0 Å². The number of hydrogen-bond acceptors (Lipinski definition) is 1. The minimum atomic E-state index is 0.219. The van der Waals surface area contributed by atoms with Gasteiger partial charge >= 0.3 is 0 Å². The number of rotatable bonds is 5. The predicted octanol–water partition coefficient (Wildman–Crippen LogP) is 4.29. The number of aryl methyl sites for hydroxylation is 1. The molecule has 0 fully saturated rings. The van der Waals surface area contributed by atoms with Crippen LogP contribution in [0, 0.1) is 0 Å². The molecule has 0 saturated heterocycles. The molecule has 0 radical (unpaired) electrons. The Morgan fingerprint density at radius 3 is 2.18 bits per heavy atom. The van der Waals surface area contributed by atoms with Gasteiger partial charge in [-0.3, -0.25) is 4.79 Å². The fraction of sp³-hybridized carbons (Fsp3) is 0.562. The lowest BCUT2D eigenvalue weighted by atomic mass is 9.86. The smallest absolute Gasteiger partial charge is 0.132 e. The summed E-state index contributed by atoms with van der Waals surface area (Å²) >= 11 is 0. The molecule has 1 aromatic rings. The molecule has 0 spiro atoms. The molecule has 0 saturated carbocycles. The van der Waals surface area contributed by atoms with Crippen molar-refractivity contribution in [1.29, 1.82) is 0 Å². The minimum absolute atomic E-state index is 0.219. The zero-order valence-electron chi connectivity index (χ0n) is 11.5. The van der Waals surface area contributed by atoms with E-state index in [1.165, 1.54) is 11.1 Å². The van der Waals surface area contributed by atoms with E-state index in [0.29, 0.717) is 12.2 Å². The van der Waals surface area contributed by atoms with Gasteiger partial charge in [-0.25, -0.2) is 0 Å². The summed E-state index contributed by atoms with van der Waals surface area (Å²) in [7, 11) is 0. The molecular formula is C16H24O. The number of hydrogen-bond donors (Lipinski definition) is 0. The molecule has 0 aromatic heterocycles. The Bertz CT molecular complexity index is 354. The maximum Gasteiger partial charge on any atom is 0.132 e. The van der Waals surface area contributed by atoms with Crippen LogP contribution in [0.15, 0.2) is 24.3 Å². The lowest BCUT2D eigenvalue weighted by molar-refractivity contribution is -0.118. The molecule has 0 heterocycles. The Balaban J connectivity index is 2.49. The molecule has 0 bridgehead atoms. The topological polar surface area (TPSA) is 17.1 Å². The van der Waals surface area contributed by atoms with E-state index in [1.807, 2.05) is 6.92 Å². The molecule has 0 aliphatic rings. The van der Waals surface area contributed by atoms with Crippen molar-refractivity contribution in [2.75, 3.05) is 0 Å². The van der Waals surface area contributed by atoms with Crippen LogP contribution in [0.3, 0.4) is 0 Å². The first-order chi connectivity index (χ1) is 7.93. The lowest BCUT2D eigenvalue weighted by Gasteiger charge is -2.19. The van der Waals surface area contributed by atoms with E-state index < -0.39 is 0 Å². The Labute approximate surface area is 105 Å². The van der Waals surface area contributed by atoms with Gasteiger partial charge in [-0.15, -0.1) is 0 Å². The molecule has 0 aliphatic carbocycles. The monoisotopic (exact) mass is 232 g/mol. The first kappa shape index (κ1) is 14.0. The highest BCUT2D eigenvalue weighted by atomic mass is 16.1. The zero-order valence-corrected chi connectivity index (χ0v) is 11.5. The highest BCUT2D eigenvalue weighted by molar-refractivity contribution is 5.77. The Kier molecular flexibility index (Phi) is 4.92. The maximum absolute atomic E-state index is 11.2. The molecule has 1 aromatic carbocycles. The normalized spacial score (nSPS) is 11.5. The zero-order chi connectivity index (χ0) is 12.9. The van der Waals surface area contributed by atoms with Crippen molar-refractivity contribution in [3.63, 3.8) is 0 Å². The van der Waals surface area contributed by atoms with Crippen molar-refractivity contribution in [3.8, 4) is 0 Å². The van der Waals surface area contributed by atoms with Gasteiger partial charge in [0.05, 0.1) is 0 Å². The van der Waals surface area contributed by atoms with Crippen LogP contribution >= 0.6 is 0 Å². The molecule has 0 aliphatic heterocycles. The average molecular weight is 232 g/mol. The van der Waals surface area contributed by atoms with Crippen LogP contribution in [0.2, 0.25) is 0 Å². The lowest BCUT2D eigenvalue weighted by Crippen LogP contribution is -2.10. The molecule has 1 rings (SSSR count). The number of carbonyl (C=O) groups is 1. The van der Waals surface area contributed by atoms with Crippen molar-refractivity contribution in [2.45, 2.75) is 58.8 Å². The standard InChI is InChI=1S/C16H24O/c1-5-15(17)8-6-7-13-9-11-14(12-10-13)16(2,3)4/h9-12H,5-8H2,1-4H3. The van der Waals surface area contributed by atoms with Crippen molar-refractivity contribution in [2.24, 2.45) is 0 Å². The van der Waals surface area contributed by atoms with E-state index in [-0.39, 0.29) is 5.41 Å². The van der Waals surface area contributed by atoms with Crippen molar-refractivity contribution in [3.05, 3.63) is 35.4 Å². The number of benzene rings is 1. The van der Waals surface area contributed by atoms with Gasteiger partial charge in [-0.1, -0.05) is 52.0 Å². The molecule has 0 atom stereocenters. The molecule has 1 heteroatoms. The summed E-state index contributed by atoms with van der Waals surface area (Å²) in [6, 6.07) is 8.79. The summed E-state index contributed by atoms with van der Waals surface area (Å²) in [5.41, 5.74) is 2.92. The van der Waals surface area contributed by atoms with Gasteiger partial charge < -0.3 is 0 Å². The van der Waals surface area contributed by atoms with Crippen molar-refractivity contribution >= 4 is 5.78 Å². The molecule has 17 heavy (non-hydrogen) atoms. The summed E-state index contributed by atoms with van der Waals surface area (Å²) in [5.74, 6) is 0.372. The molecule has 1 nitrogen and oxygen atoms in total. The first-order valence-electron chi connectivity index (χ1n) is 6.54. The quantitative estimate of drug-likeness (QED) is 0.740. The van der Waals surface area contributed by atoms with Crippen LogP contribution in [-0.2, 0) is 16.6 Å². The number of ketones is 1. The van der Waals surface area contributed by atoms with E-state index >= 15 is 0 Å². The predicted molar refractivity (Wildman–Crippen MR) is 73.4 cm³/mol. The Morgan fingerprint density at radius 2 is 1.71 bits per heavy atom. The van der Waals surface area contributed by atoms with Crippen molar-refractivity contribution in [1.82, 2.24) is 0 Å². The van der Waals surface area contributed by atoms with Crippen molar-refractivity contribution < 1.29 is 4.79 Å². The van der Waals surface area contributed by atoms with Crippen LogP contribution in [0.4, 0.5) is 0 Å². The second kappa shape index (κ2) is 6.00. The van der Waals surface area contributed by atoms with E-state index in [2.05, 4.69) is 45.0 Å². The molecular weight excluding hydrogens is 208 g/mol. The van der Waals surface area contributed by atoms with Gasteiger partial charge in [0.1, 0.15) is 5.78 Å². The van der Waals surface area contributed by atoms with Crippen LogP contribution in [0.1, 0.15) is 58.1 Å². The fourth-order valence-electron chi connectivity index (χ4n) is 1.84. The molecule has 0 amide bonds. The summed E-state index contributed by atoms with van der Waals surface area (Å²) in [6.07, 6.45) is 3.37. The summed E-state index contributed by atoms with van der Waals surface area (Å²) in [5, 5.41) is 0. The molecule has 0 unspecified atom stereocenters. The largest absolute Gasteiger partial charge is 0.300 e. The second-order valence-electron chi connectivity index (χ2n) is 5.69. The molecule has 94 valence electrons. The third-order valence-electron chi connectivity index (χ3n) is 3.14. The third-order valence-corrected chi connectivity index (χ3v) is 3.14. The summed E-state index contributed by atoms with van der Waals surface area (Å²) < 4.78 is 0. The minimum Gasteiger partial charge on any atom is -0.300 e. The van der Waals surface area contributed by atoms with E-state index in [4.69, 9.17) is 0 Å². The van der Waals surface area contributed by atoms with E-state index in [9.17, 15) is 4.79 Å². The Hall–Kier alpha value is -1.11. The van der Waals surface area contributed by atoms with Gasteiger partial charge in [0.15, 0.2) is 0 Å². The average Bonchev–Trinajstić information content (AvgIpc) is 2.28. The molecule has 0 N–H and O–H groups in total. The van der Waals surface area contributed by atoms with E-state index in [1.54, 1.807) is 0 Å². The van der Waals surface area contributed by atoms with Gasteiger partial charge in [0.2, 0.25) is 0 Å². The van der Waals surface area contributed by atoms with Gasteiger partial charge in [0, 0.05) is 12.8 Å². The Morgan fingerprint density at radius 1 is 1.12 bits per heavy atom. The SMILES string of the molecule is CCC(=O)CCCc1ccc(C(C)(C)C)cc1. The summed E-state index contributed by atoms with van der Waals surface area (Å²) in [6.45, 7) is 8.60. The highest BCUT2D eigenvalue weighted by Crippen LogP contribution is 2.22. The summed E-state index contributed by atoms with van der Waals surface area (Å²) in [4.78, 5) is 11.2. The number of carbonyl (C=O) groups excluding carboxylic acids is 1. The van der Waals surface area contributed by atoms with Crippen LogP contribution in [-0.4, -0.2) is 5.78 Å². The highest BCUT2D eigenvalue weighted by Gasteiger charge is 2.12. The number of Topliss-reactive ketones (excluding diaryl/α,β-unsaturated/α-hetero) is 1. The maximum atomic E-state index is 11.2. The second-order valence-corrected chi connectivity index (χ2v) is 5.69. The fourth-order valence-corrected chi connectivity index (χ4v) is 1.84. The first-order valence-corrected chi connectivity index (χ1v) is 6.54. The van der Waals surface area contributed by atoms with Crippen LogP contribution in [0.25, 0.3) is 0 Å². The van der Waals surface area contributed by atoms with E-state index in [0.717, 1.165) is 19.3 Å². The van der Waals surface area contributed by atoms with Gasteiger partial charge in [-0.05, 0) is 29.4 Å². The van der Waals surface area contributed by atoms with Gasteiger partial charge in [-0.2, -0.15) is 0 Å². The van der Waals surface area contributed by atoms with Crippen LogP contribution in [0.5, 0.6) is 0 Å². The third kappa shape index (κ3) is 4.72. The van der Waals surface area contributed by atoms with Gasteiger partial charge in [0.25, 0.3) is 0 Å².